The minimum absolute atomic E-state index is 0.000695. The standard InChI is InChI=1S/C21H21ClN2O2/c22-18-7-9-19(10-8-18)23-21(26)17-12-14-24(15-13-17)20(25)11-6-16-4-2-1-3-5-16/h1-11,17H,12-15H2,(H,23,26). The van der Waals surface area contributed by atoms with E-state index in [1.165, 1.54) is 0 Å². The molecule has 0 spiro atoms. The number of nitrogens with one attached hydrogen (secondary N) is 1. The molecular formula is C21H21ClN2O2. The lowest BCUT2D eigenvalue weighted by molar-refractivity contribution is -0.130. The lowest BCUT2D eigenvalue weighted by atomic mass is 9.95. The highest BCUT2D eigenvalue weighted by atomic mass is 35.5. The molecule has 0 saturated carbocycles. The summed E-state index contributed by atoms with van der Waals surface area (Å²) < 4.78 is 0. The Morgan fingerprint density at radius 1 is 1.00 bits per heavy atom. The third-order valence-electron chi connectivity index (χ3n) is 4.51. The summed E-state index contributed by atoms with van der Waals surface area (Å²) in [7, 11) is 0. The Morgan fingerprint density at radius 3 is 2.31 bits per heavy atom. The Balaban J connectivity index is 1.49. The van der Waals surface area contributed by atoms with Gasteiger partial charge in [-0.15, -0.1) is 0 Å². The van der Waals surface area contributed by atoms with Crippen LogP contribution in [0.25, 0.3) is 6.08 Å². The second kappa shape index (κ2) is 8.68. The molecule has 0 radical (unpaired) electrons. The molecule has 4 nitrogen and oxygen atoms in total. The largest absolute Gasteiger partial charge is 0.339 e. The number of anilines is 1. The van der Waals surface area contributed by atoms with Crippen molar-refractivity contribution in [3.8, 4) is 0 Å². The van der Waals surface area contributed by atoms with Gasteiger partial charge in [-0.2, -0.15) is 0 Å². The number of amides is 2. The molecule has 1 aliphatic heterocycles. The van der Waals surface area contributed by atoms with E-state index in [0.29, 0.717) is 31.0 Å². The minimum atomic E-state index is -0.0761. The predicted molar refractivity (Wildman–Crippen MR) is 105 cm³/mol. The molecule has 0 aliphatic carbocycles. The number of nitrogens with zero attached hydrogens (tertiary/aromatic N) is 1. The summed E-state index contributed by atoms with van der Waals surface area (Å²) in [4.78, 5) is 26.5. The second-order valence-electron chi connectivity index (χ2n) is 6.34. The number of hydrogen-bond acceptors (Lipinski definition) is 2. The smallest absolute Gasteiger partial charge is 0.246 e. The normalized spacial score (nSPS) is 15.2. The van der Waals surface area contributed by atoms with Crippen LogP contribution in [0.1, 0.15) is 18.4 Å². The van der Waals surface area contributed by atoms with E-state index in [1.54, 1.807) is 35.2 Å². The van der Waals surface area contributed by atoms with Crippen LogP contribution in [0.4, 0.5) is 5.69 Å². The number of benzene rings is 2. The number of likely N-dealkylation sites (tertiary alicyclic amines) is 1. The quantitative estimate of drug-likeness (QED) is 0.821. The molecule has 0 aromatic heterocycles. The van der Waals surface area contributed by atoms with E-state index < -0.39 is 0 Å². The monoisotopic (exact) mass is 368 g/mol. The fraction of sp³-hybridized carbons (Fsp3) is 0.238. The molecule has 0 unspecified atom stereocenters. The Hall–Kier alpha value is -2.59. The minimum Gasteiger partial charge on any atom is -0.339 e. The number of piperidine rings is 1. The highest BCUT2D eigenvalue weighted by Crippen LogP contribution is 2.21. The van der Waals surface area contributed by atoms with E-state index in [4.69, 9.17) is 11.6 Å². The van der Waals surface area contributed by atoms with Gasteiger partial charge < -0.3 is 10.2 Å². The summed E-state index contributed by atoms with van der Waals surface area (Å²) >= 11 is 5.85. The Kier molecular flexibility index (Phi) is 6.08. The first-order valence-corrected chi connectivity index (χ1v) is 9.08. The van der Waals surface area contributed by atoms with E-state index in [1.807, 2.05) is 36.4 Å². The van der Waals surface area contributed by atoms with Crippen LogP contribution in [0.2, 0.25) is 5.02 Å². The fourth-order valence-electron chi connectivity index (χ4n) is 2.98. The van der Waals surface area contributed by atoms with Gasteiger partial charge in [-0.3, -0.25) is 9.59 Å². The zero-order chi connectivity index (χ0) is 18.4. The molecule has 2 aromatic carbocycles. The summed E-state index contributed by atoms with van der Waals surface area (Å²) in [5.74, 6) is -0.0857. The Morgan fingerprint density at radius 2 is 1.65 bits per heavy atom. The van der Waals surface area contributed by atoms with Crippen molar-refractivity contribution in [1.29, 1.82) is 0 Å². The van der Waals surface area contributed by atoms with Gasteiger partial charge in [0.1, 0.15) is 0 Å². The summed E-state index contributed by atoms with van der Waals surface area (Å²) in [6.45, 7) is 1.19. The molecule has 3 rings (SSSR count). The zero-order valence-corrected chi connectivity index (χ0v) is 15.2. The van der Waals surface area contributed by atoms with Crippen molar-refractivity contribution in [3.05, 3.63) is 71.3 Å². The van der Waals surface area contributed by atoms with E-state index in [-0.39, 0.29) is 17.7 Å². The Bertz CT molecular complexity index is 779. The van der Waals surface area contributed by atoms with E-state index in [2.05, 4.69) is 5.32 Å². The zero-order valence-electron chi connectivity index (χ0n) is 14.4. The van der Waals surface area contributed by atoms with Gasteiger partial charge in [0.15, 0.2) is 0 Å². The maximum atomic E-state index is 12.4. The Labute approximate surface area is 158 Å². The first-order chi connectivity index (χ1) is 12.6. The van der Waals surface area contributed by atoms with Gasteiger partial charge in [0, 0.05) is 35.8 Å². The number of halogens is 1. The van der Waals surface area contributed by atoms with Gasteiger partial charge in [0.25, 0.3) is 0 Å². The van der Waals surface area contributed by atoms with Crippen molar-refractivity contribution in [2.45, 2.75) is 12.8 Å². The third kappa shape index (κ3) is 4.96. The maximum Gasteiger partial charge on any atom is 0.246 e. The van der Waals surface area contributed by atoms with Gasteiger partial charge in [-0.1, -0.05) is 41.9 Å². The summed E-state index contributed by atoms with van der Waals surface area (Å²) in [6, 6.07) is 16.8. The van der Waals surface area contributed by atoms with Crippen molar-refractivity contribution in [3.63, 3.8) is 0 Å². The van der Waals surface area contributed by atoms with Crippen LogP contribution in [0.3, 0.4) is 0 Å². The van der Waals surface area contributed by atoms with E-state index >= 15 is 0 Å². The van der Waals surface area contributed by atoms with Crippen LogP contribution < -0.4 is 5.32 Å². The topological polar surface area (TPSA) is 49.4 Å². The number of rotatable bonds is 4. The van der Waals surface area contributed by atoms with Crippen LogP contribution in [-0.2, 0) is 9.59 Å². The molecule has 2 aromatic rings. The number of carbonyl (C=O) groups is 2. The lowest BCUT2D eigenvalue weighted by Crippen LogP contribution is -2.40. The first kappa shape index (κ1) is 18.2. The van der Waals surface area contributed by atoms with Crippen LogP contribution in [0, 0.1) is 5.92 Å². The van der Waals surface area contributed by atoms with Crippen molar-refractivity contribution in [1.82, 2.24) is 4.90 Å². The third-order valence-corrected chi connectivity index (χ3v) is 4.76. The van der Waals surface area contributed by atoms with E-state index in [9.17, 15) is 9.59 Å². The van der Waals surface area contributed by atoms with Gasteiger partial charge in [-0.05, 0) is 48.7 Å². The molecule has 1 aliphatic rings. The SMILES string of the molecule is O=C(Nc1ccc(Cl)cc1)C1CCN(C(=O)C=Cc2ccccc2)CC1. The van der Waals surface area contributed by atoms with Crippen molar-refractivity contribution in [2.24, 2.45) is 5.92 Å². The van der Waals surface area contributed by atoms with Gasteiger partial charge >= 0.3 is 0 Å². The van der Waals surface area contributed by atoms with Crippen molar-refractivity contribution >= 4 is 35.2 Å². The molecule has 1 fully saturated rings. The number of hydrogen-bond donors (Lipinski definition) is 1. The van der Waals surface area contributed by atoms with Gasteiger partial charge in [-0.25, -0.2) is 0 Å². The van der Waals surface area contributed by atoms with Crippen LogP contribution in [0.15, 0.2) is 60.7 Å². The summed E-state index contributed by atoms with van der Waals surface area (Å²) in [5.41, 5.74) is 1.74. The number of carbonyl (C=O) groups excluding carboxylic acids is 2. The molecule has 134 valence electrons. The van der Waals surface area contributed by atoms with Crippen molar-refractivity contribution in [2.75, 3.05) is 18.4 Å². The molecule has 2 amide bonds. The molecule has 1 N–H and O–H groups in total. The van der Waals surface area contributed by atoms with E-state index in [0.717, 1.165) is 11.3 Å². The van der Waals surface area contributed by atoms with Crippen LogP contribution >= 0.6 is 11.6 Å². The fourth-order valence-corrected chi connectivity index (χ4v) is 3.10. The van der Waals surface area contributed by atoms with Crippen molar-refractivity contribution < 1.29 is 9.59 Å². The lowest BCUT2D eigenvalue weighted by Gasteiger charge is -2.30. The predicted octanol–water partition coefficient (Wildman–Crippen LogP) is 4.23. The van der Waals surface area contributed by atoms with Crippen LogP contribution in [0.5, 0.6) is 0 Å². The molecule has 1 heterocycles. The first-order valence-electron chi connectivity index (χ1n) is 8.70. The van der Waals surface area contributed by atoms with Crippen LogP contribution in [-0.4, -0.2) is 29.8 Å². The summed E-state index contributed by atoms with van der Waals surface area (Å²) in [5, 5.41) is 3.55. The highest BCUT2D eigenvalue weighted by molar-refractivity contribution is 6.30. The van der Waals surface area contributed by atoms with Gasteiger partial charge in [0.2, 0.25) is 11.8 Å². The average Bonchev–Trinajstić information content (AvgIpc) is 2.69. The molecular weight excluding hydrogens is 348 g/mol. The molecule has 0 bridgehead atoms. The van der Waals surface area contributed by atoms with Gasteiger partial charge in [0.05, 0.1) is 0 Å². The highest BCUT2D eigenvalue weighted by Gasteiger charge is 2.26. The molecule has 26 heavy (non-hydrogen) atoms. The molecule has 5 heteroatoms. The summed E-state index contributed by atoms with van der Waals surface area (Å²) in [6.07, 6.45) is 4.76. The average molecular weight is 369 g/mol. The maximum absolute atomic E-state index is 12.4. The molecule has 1 saturated heterocycles. The second-order valence-corrected chi connectivity index (χ2v) is 6.78. The molecule has 0 atom stereocenters.